The summed E-state index contributed by atoms with van der Waals surface area (Å²) in [7, 11) is 3.09. The highest BCUT2D eigenvalue weighted by molar-refractivity contribution is 5.67. The van der Waals surface area contributed by atoms with Gasteiger partial charge in [0.2, 0.25) is 0 Å². The van der Waals surface area contributed by atoms with Crippen LogP contribution in [0.1, 0.15) is 18.9 Å². The summed E-state index contributed by atoms with van der Waals surface area (Å²) in [6.07, 6.45) is 0.441. The third-order valence-corrected chi connectivity index (χ3v) is 2.47. The van der Waals surface area contributed by atoms with E-state index < -0.39 is 5.97 Å². The van der Waals surface area contributed by atoms with E-state index in [1.165, 1.54) is 0 Å². The van der Waals surface area contributed by atoms with Gasteiger partial charge in [-0.25, -0.2) is 0 Å². The molecule has 5 heteroatoms. The van der Waals surface area contributed by atoms with Crippen LogP contribution >= 0.6 is 0 Å². The van der Waals surface area contributed by atoms with Crippen LogP contribution in [0.25, 0.3) is 0 Å². The molecule has 1 aromatic rings. The summed E-state index contributed by atoms with van der Waals surface area (Å²) < 4.78 is 15.9. The Kier molecular flexibility index (Phi) is 5.30. The lowest BCUT2D eigenvalue weighted by Crippen LogP contribution is -2.02. The Morgan fingerprint density at radius 1 is 1.17 bits per heavy atom. The van der Waals surface area contributed by atoms with E-state index in [1.807, 2.05) is 6.92 Å². The molecular weight excluding hydrogens is 236 g/mol. The van der Waals surface area contributed by atoms with Gasteiger partial charge in [0.15, 0.2) is 11.5 Å². The standard InChI is InChI=1S/C13H18O5/c1-4-18-12-7-9(5-6-13(14)15)10(16-2)8-11(12)17-3/h7-8H,4-6H2,1-3H3,(H,14,15). The largest absolute Gasteiger partial charge is 0.496 e. The lowest BCUT2D eigenvalue weighted by atomic mass is 10.1. The van der Waals surface area contributed by atoms with E-state index >= 15 is 0 Å². The minimum atomic E-state index is -0.842. The third kappa shape index (κ3) is 3.55. The number of carboxylic acid groups (broad SMARTS) is 1. The lowest BCUT2D eigenvalue weighted by Gasteiger charge is -2.14. The first-order valence-corrected chi connectivity index (χ1v) is 5.71. The molecule has 0 heterocycles. The van der Waals surface area contributed by atoms with Gasteiger partial charge in [0.1, 0.15) is 5.75 Å². The molecule has 0 radical (unpaired) electrons. The Bertz CT molecular complexity index is 414. The molecule has 5 nitrogen and oxygen atoms in total. The molecule has 1 N–H and O–H groups in total. The zero-order chi connectivity index (χ0) is 13.5. The van der Waals surface area contributed by atoms with Crippen molar-refractivity contribution in [2.75, 3.05) is 20.8 Å². The summed E-state index contributed by atoms with van der Waals surface area (Å²) in [6, 6.07) is 3.48. The quantitative estimate of drug-likeness (QED) is 0.807. The van der Waals surface area contributed by atoms with Crippen molar-refractivity contribution in [1.82, 2.24) is 0 Å². The first-order chi connectivity index (χ1) is 8.62. The van der Waals surface area contributed by atoms with E-state index in [9.17, 15) is 4.79 Å². The summed E-state index contributed by atoms with van der Waals surface area (Å²) in [5.41, 5.74) is 0.796. The van der Waals surface area contributed by atoms with Crippen LogP contribution in [0.2, 0.25) is 0 Å². The topological polar surface area (TPSA) is 65.0 Å². The molecule has 0 aromatic heterocycles. The van der Waals surface area contributed by atoms with Gasteiger partial charge >= 0.3 is 5.97 Å². The SMILES string of the molecule is CCOc1cc(CCC(=O)O)c(OC)cc1OC. The highest BCUT2D eigenvalue weighted by atomic mass is 16.5. The molecule has 0 aliphatic heterocycles. The third-order valence-electron chi connectivity index (χ3n) is 2.47. The molecule has 0 aliphatic carbocycles. The van der Waals surface area contributed by atoms with Crippen LogP contribution in [-0.4, -0.2) is 31.9 Å². The maximum atomic E-state index is 10.6. The van der Waals surface area contributed by atoms with Gasteiger partial charge in [0.25, 0.3) is 0 Å². The number of benzene rings is 1. The monoisotopic (exact) mass is 254 g/mol. The molecule has 1 aromatic carbocycles. The lowest BCUT2D eigenvalue weighted by molar-refractivity contribution is -0.136. The minimum Gasteiger partial charge on any atom is -0.496 e. The Morgan fingerprint density at radius 2 is 1.83 bits per heavy atom. The average Bonchev–Trinajstić information content (AvgIpc) is 2.36. The summed E-state index contributed by atoms with van der Waals surface area (Å²) >= 11 is 0. The summed E-state index contributed by atoms with van der Waals surface area (Å²) in [5, 5.41) is 8.72. The van der Waals surface area contributed by atoms with Crippen molar-refractivity contribution in [1.29, 1.82) is 0 Å². The number of carboxylic acids is 1. The number of rotatable bonds is 7. The van der Waals surface area contributed by atoms with Gasteiger partial charge in [-0.1, -0.05) is 0 Å². The van der Waals surface area contributed by atoms with Gasteiger partial charge in [0.05, 0.1) is 20.8 Å². The van der Waals surface area contributed by atoms with Gasteiger partial charge in [-0.3, -0.25) is 4.79 Å². The second-order valence-electron chi connectivity index (χ2n) is 3.64. The Labute approximate surface area is 106 Å². The van der Waals surface area contributed by atoms with Crippen molar-refractivity contribution < 1.29 is 24.1 Å². The van der Waals surface area contributed by atoms with Crippen molar-refractivity contribution in [3.8, 4) is 17.2 Å². The van der Waals surface area contributed by atoms with E-state index in [0.29, 0.717) is 30.3 Å². The normalized spacial score (nSPS) is 9.94. The summed E-state index contributed by atoms with van der Waals surface area (Å²) in [5.74, 6) is 0.941. The number of methoxy groups -OCH3 is 2. The second-order valence-corrected chi connectivity index (χ2v) is 3.64. The van der Waals surface area contributed by atoms with Crippen molar-refractivity contribution in [2.45, 2.75) is 19.8 Å². The van der Waals surface area contributed by atoms with Crippen molar-refractivity contribution in [2.24, 2.45) is 0 Å². The van der Waals surface area contributed by atoms with Gasteiger partial charge in [-0.15, -0.1) is 0 Å². The maximum Gasteiger partial charge on any atom is 0.303 e. The number of hydrogen-bond donors (Lipinski definition) is 1. The number of aliphatic carboxylic acids is 1. The predicted molar refractivity (Wildman–Crippen MR) is 66.7 cm³/mol. The molecule has 1 rings (SSSR count). The molecule has 0 spiro atoms. The zero-order valence-electron chi connectivity index (χ0n) is 10.9. The van der Waals surface area contributed by atoms with Gasteiger partial charge in [-0.2, -0.15) is 0 Å². The molecule has 0 atom stereocenters. The van der Waals surface area contributed by atoms with E-state index in [4.69, 9.17) is 19.3 Å². The second kappa shape index (κ2) is 6.74. The van der Waals surface area contributed by atoms with Crippen LogP contribution in [-0.2, 0) is 11.2 Å². The first-order valence-electron chi connectivity index (χ1n) is 5.71. The van der Waals surface area contributed by atoms with Gasteiger partial charge in [-0.05, 0) is 25.0 Å². The Balaban J connectivity index is 3.05. The first kappa shape index (κ1) is 14.2. The molecular formula is C13H18O5. The summed E-state index contributed by atoms with van der Waals surface area (Å²) in [4.78, 5) is 10.6. The van der Waals surface area contributed by atoms with Gasteiger partial charge in [0, 0.05) is 12.5 Å². The fourth-order valence-corrected chi connectivity index (χ4v) is 1.64. The van der Waals surface area contributed by atoms with Crippen LogP contribution < -0.4 is 14.2 Å². The fourth-order valence-electron chi connectivity index (χ4n) is 1.64. The molecule has 0 saturated heterocycles. The average molecular weight is 254 g/mol. The van der Waals surface area contributed by atoms with Crippen molar-refractivity contribution in [3.05, 3.63) is 17.7 Å². The Hall–Kier alpha value is -1.91. The van der Waals surface area contributed by atoms with Crippen molar-refractivity contribution >= 4 is 5.97 Å². The highest BCUT2D eigenvalue weighted by Gasteiger charge is 2.13. The van der Waals surface area contributed by atoms with E-state index in [-0.39, 0.29) is 6.42 Å². The van der Waals surface area contributed by atoms with Gasteiger partial charge < -0.3 is 19.3 Å². The molecule has 0 aliphatic rings. The van der Waals surface area contributed by atoms with Crippen LogP contribution in [0.3, 0.4) is 0 Å². The van der Waals surface area contributed by atoms with E-state index in [0.717, 1.165) is 5.56 Å². The molecule has 0 saturated carbocycles. The highest BCUT2D eigenvalue weighted by Crippen LogP contribution is 2.35. The van der Waals surface area contributed by atoms with Crippen LogP contribution in [0.5, 0.6) is 17.2 Å². The number of carbonyl (C=O) groups is 1. The van der Waals surface area contributed by atoms with E-state index in [1.54, 1.807) is 26.4 Å². The van der Waals surface area contributed by atoms with E-state index in [2.05, 4.69) is 0 Å². The Morgan fingerprint density at radius 3 is 2.33 bits per heavy atom. The van der Waals surface area contributed by atoms with Crippen LogP contribution in [0.4, 0.5) is 0 Å². The predicted octanol–water partition coefficient (Wildman–Crippen LogP) is 2.12. The summed E-state index contributed by atoms with van der Waals surface area (Å²) in [6.45, 7) is 2.39. The minimum absolute atomic E-state index is 0.0499. The van der Waals surface area contributed by atoms with Crippen LogP contribution in [0.15, 0.2) is 12.1 Å². The number of aryl methyl sites for hydroxylation is 1. The van der Waals surface area contributed by atoms with Crippen molar-refractivity contribution in [3.63, 3.8) is 0 Å². The molecule has 0 amide bonds. The zero-order valence-corrected chi connectivity index (χ0v) is 10.9. The molecule has 0 bridgehead atoms. The molecule has 0 unspecified atom stereocenters. The molecule has 100 valence electrons. The number of hydrogen-bond acceptors (Lipinski definition) is 4. The maximum absolute atomic E-state index is 10.6. The fraction of sp³-hybridized carbons (Fsp3) is 0.462. The van der Waals surface area contributed by atoms with Crippen LogP contribution in [0, 0.1) is 0 Å². The molecule has 18 heavy (non-hydrogen) atoms. The smallest absolute Gasteiger partial charge is 0.303 e. The molecule has 0 fully saturated rings. The number of ether oxygens (including phenoxy) is 3.